The summed E-state index contributed by atoms with van der Waals surface area (Å²) in [6.45, 7) is 1.58. The summed E-state index contributed by atoms with van der Waals surface area (Å²) in [6, 6.07) is -0.882. The van der Waals surface area contributed by atoms with Gasteiger partial charge >= 0.3 is 5.97 Å². The van der Waals surface area contributed by atoms with Crippen molar-refractivity contribution in [2.45, 2.75) is 31.7 Å². The molecule has 1 atom stereocenters. The predicted octanol–water partition coefficient (Wildman–Crippen LogP) is 0.0530. The highest BCUT2D eigenvalue weighted by Gasteiger charge is 2.42. The summed E-state index contributed by atoms with van der Waals surface area (Å²) in [5.74, 6) is -3.76. The van der Waals surface area contributed by atoms with Crippen LogP contribution in [0, 0.1) is 0 Å². The average Bonchev–Trinajstić information content (AvgIpc) is 2.59. The lowest BCUT2D eigenvalue weighted by atomic mass is 10.2. The van der Waals surface area contributed by atoms with Crippen LogP contribution in [0.25, 0.3) is 0 Å². The number of hydrogen-bond donors (Lipinski definition) is 2. The molecule has 1 unspecified atom stereocenters. The normalized spacial score (nSPS) is 22.2. The zero-order valence-corrected chi connectivity index (χ0v) is 9.59. The maximum Gasteiger partial charge on any atom is 0.307 e. The van der Waals surface area contributed by atoms with Crippen molar-refractivity contribution in [3.05, 3.63) is 0 Å². The van der Waals surface area contributed by atoms with Crippen LogP contribution < -0.4 is 10.6 Å². The molecule has 98 valence electrons. The van der Waals surface area contributed by atoms with Crippen molar-refractivity contribution in [2.75, 3.05) is 19.7 Å². The van der Waals surface area contributed by atoms with E-state index < -0.39 is 36.8 Å². The molecule has 0 bridgehead atoms. The van der Waals surface area contributed by atoms with Crippen molar-refractivity contribution in [1.29, 1.82) is 0 Å². The van der Waals surface area contributed by atoms with Crippen LogP contribution in [-0.2, 0) is 14.3 Å². The fourth-order valence-electron chi connectivity index (χ4n) is 1.55. The molecule has 5 nitrogen and oxygen atoms in total. The fourth-order valence-corrected chi connectivity index (χ4v) is 1.55. The first-order valence-electron chi connectivity index (χ1n) is 5.49. The molecule has 0 aromatic carbocycles. The Labute approximate surface area is 97.9 Å². The molecular weight excluding hydrogens is 234 g/mol. The first-order chi connectivity index (χ1) is 7.94. The van der Waals surface area contributed by atoms with Crippen LogP contribution in [0.5, 0.6) is 0 Å². The van der Waals surface area contributed by atoms with E-state index in [1.807, 2.05) is 0 Å². The van der Waals surface area contributed by atoms with Gasteiger partial charge in [0.05, 0.1) is 25.6 Å². The van der Waals surface area contributed by atoms with Gasteiger partial charge in [-0.1, -0.05) is 0 Å². The Kier molecular flexibility index (Phi) is 4.80. The van der Waals surface area contributed by atoms with Crippen molar-refractivity contribution in [3.63, 3.8) is 0 Å². The molecule has 1 fully saturated rings. The molecule has 1 aliphatic heterocycles. The molecular formula is C10H16F2N2O3. The Bertz CT molecular complexity index is 297. The number of rotatable bonds is 5. The second-order valence-corrected chi connectivity index (χ2v) is 3.84. The smallest absolute Gasteiger partial charge is 0.307 e. The molecule has 0 spiro atoms. The van der Waals surface area contributed by atoms with Gasteiger partial charge in [0, 0.05) is 13.0 Å². The first-order valence-corrected chi connectivity index (χ1v) is 5.49. The third-order valence-electron chi connectivity index (χ3n) is 2.36. The summed E-state index contributed by atoms with van der Waals surface area (Å²) in [5.41, 5.74) is 0. The van der Waals surface area contributed by atoms with Crippen molar-refractivity contribution >= 4 is 11.9 Å². The summed E-state index contributed by atoms with van der Waals surface area (Å²) >= 11 is 0. The van der Waals surface area contributed by atoms with E-state index in [0.717, 1.165) is 0 Å². The molecule has 1 amide bonds. The fraction of sp³-hybridized carbons (Fsp3) is 0.800. The number of carbonyl (C=O) groups excluding carboxylic acids is 2. The SMILES string of the molecule is CCOC(=O)CCNC(=O)C1CC(F)(F)CN1. The van der Waals surface area contributed by atoms with Gasteiger partial charge in [0.25, 0.3) is 5.92 Å². The number of esters is 1. The van der Waals surface area contributed by atoms with Crippen LogP contribution >= 0.6 is 0 Å². The summed E-state index contributed by atoms with van der Waals surface area (Å²) in [6.07, 6.45) is -0.457. The van der Waals surface area contributed by atoms with E-state index in [-0.39, 0.29) is 19.6 Å². The first kappa shape index (κ1) is 13.8. The van der Waals surface area contributed by atoms with Crippen LogP contribution in [0.4, 0.5) is 8.78 Å². The van der Waals surface area contributed by atoms with Crippen LogP contribution in [0.15, 0.2) is 0 Å². The molecule has 0 saturated carbocycles. The highest BCUT2D eigenvalue weighted by Crippen LogP contribution is 2.24. The van der Waals surface area contributed by atoms with Gasteiger partial charge in [-0.3, -0.25) is 14.9 Å². The minimum Gasteiger partial charge on any atom is -0.466 e. The van der Waals surface area contributed by atoms with Gasteiger partial charge in [0.15, 0.2) is 0 Å². The highest BCUT2D eigenvalue weighted by molar-refractivity contribution is 5.82. The lowest BCUT2D eigenvalue weighted by molar-refractivity contribution is -0.143. The number of halogens is 2. The molecule has 17 heavy (non-hydrogen) atoms. The standard InChI is InChI=1S/C10H16F2N2O3/c1-2-17-8(15)3-4-13-9(16)7-5-10(11,12)6-14-7/h7,14H,2-6H2,1H3,(H,13,16). The Morgan fingerprint density at radius 2 is 2.24 bits per heavy atom. The van der Waals surface area contributed by atoms with E-state index >= 15 is 0 Å². The second kappa shape index (κ2) is 5.90. The van der Waals surface area contributed by atoms with Gasteiger partial charge in [-0.2, -0.15) is 0 Å². The van der Waals surface area contributed by atoms with E-state index in [9.17, 15) is 18.4 Å². The molecule has 1 heterocycles. The zero-order chi connectivity index (χ0) is 12.9. The molecule has 0 aromatic rings. The van der Waals surface area contributed by atoms with E-state index in [1.54, 1.807) is 6.92 Å². The molecule has 1 rings (SSSR count). The molecule has 0 radical (unpaired) electrons. The monoisotopic (exact) mass is 250 g/mol. The van der Waals surface area contributed by atoms with Gasteiger partial charge in [-0.05, 0) is 6.92 Å². The predicted molar refractivity (Wildman–Crippen MR) is 55.6 cm³/mol. The third-order valence-corrected chi connectivity index (χ3v) is 2.36. The lowest BCUT2D eigenvalue weighted by Gasteiger charge is -2.10. The second-order valence-electron chi connectivity index (χ2n) is 3.84. The molecule has 1 aliphatic rings. The summed E-state index contributed by atoms with van der Waals surface area (Å²) in [4.78, 5) is 22.4. The number of hydrogen-bond acceptors (Lipinski definition) is 4. The van der Waals surface area contributed by atoms with Crippen molar-refractivity contribution < 1.29 is 23.1 Å². The summed E-state index contributed by atoms with van der Waals surface area (Å²) in [7, 11) is 0. The van der Waals surface area contributed by atoms with Gasteiger partial charge in [0.1, 0.15) is 0 Å². The van der Waals surface area contributed by atoms with E-state index in [2.05, 4.69) is 15.4 Å². The Hall–Kier alpha value is -1.24. The van der Waals surface area contributed by atoms with Gasteiger partial charge in [-0.15, -0.1) is 0 Å². The molecule has 0 aliphatic carbocycles. The van der Waals surface area contributed by atoms with E-state index in [0.29, 0.717) is 0 Å². The Morgan fingerprint density at radius 1 is 1.53 bits per heavy atom. The van der Waals surface area contributed by atoms with Crippen LogP contribution in [-0.4, -0.2) is 43.5 Å². The maximum absolute atomic E-state index is 12.8. The molecule has 7 heteroatoms. The van der Waals surface area contributed by atoms with Crippen LogP contribution in [0.3, 0.4) is 0 Å². The van der Waals surface area contributed by atoms with Crippen LogP contribution in [0.1, 0.15) is 19.8 Å². The van der Waals surface area contributed by atoms with Crippen molar-refractivity contribution in [3.8, 4) is 0 Å². The van der Waals surface area contributed by atoms with Gasteiger partial charge in [-0.25, -0.2) is 8.78 Å². The molecule has 2 N–H and O–H groups in total. The average molecular weight is 250 g/mol. The minimum atomic E-state index is -2.83. The maximum atomic E-state index is 12.8. The summed E-state index contributed by atoms with van der Waals surface area (Å²) < 4.78 is 30.2. The Balaban J connectivity index is 2.20. The number of nitrogens with one attached hydrogen (secondary N) is 2. The van der Waals surface area contributed by atoms with Gasteiger partial charge in [0.2, 0.25) is 5.91 Å². The topological polar surface area (TPSA) is 67.4 Å². The summed E-state index contributed by atoms with van der Waals surface area (Å²) in [5, 5.41) is 4.85. The largest absolute Gasteiger partial charge is 0.466 e. The van der Waals surface area contributed by atoms with Crippen molar-refractivity contribution in [2.24, 2.45) is 0 Å². The third kappa shape index (κ3) is 4.64. The quantitative estimate of drug-likeness (QED) is 0.677. The zero-order valence-electron chi connectivity index (χ0n) is 9.59. The number of carbonyl (C=O) groups is 2. The highest BCUT2D eigenvalue weighted by atomic mass is 19.3. The molecule has 0 aromatic heterocycles. The van der Waals surface area contributed by atoms with E-state index in [4.69, 9.17) is 0 Å². The number of amides is 1. The number of ether oxygens (including phenoxy) is 1. The van der Waals surface area contributed by atoms with Crippen LogP contribution in [0.2, 0.25) is 0 Å². The Morgan fingerprint density at radius 3 is 2.76 bits per heavy atom. The van der Waals surface area contributed by atoms with Gasteiger partial charge < -0.3 is 10.1 Å². The lowest BCUT2D eigenvalue weighted by Crippen LogP contribution is -2.41. The van der Waals surface area contributed by atoms with E-state index in [1.165, 1.54) is 0 Å². The van der Waals surface area contributed by atoms with Crippen molar-refractivity contribution in [1.82, 2.24) is 10.6 Å². The number of alkyl halides is 2. The minimum absolute atomic E-state index is 0.0443. The molecule has 1 saturated heterocycles.